The minimum Gasteiger partial charge on any atom is -0.380 e. The first kappa shape index (κ1) is 16.2. The summed E-state index contributed by atoms with van der Waals surface area (Å²) in [6.45, 7) is 11.7. The molecule has 0 spiro atoms. The van der Waals surface area contributed by atoms with Crippen LogP contribution in [-0.2, 0) is 30.7 Å². The van der Waals surface area contributed by atoms with Gasteiger partial charge in [0.25, 0.3) is 0 Å². The number of hydrogen-bond acceptors (Lipinski definition) is 3. The molecule has 1 aromatic heterocycles. The average Bonchev–Trinajstić information content (AvgIpc) is 2.74. The van der Waals surface area contributed by atoms with Crippen LogP contribution in [0.2, 0.25) is 0 Å². The van der Waals surface area contributed by atoms with Gasteiger partial charge in [-0.05, 0) is 25.2 Å². The Kier molecular flexibility index (Phi) is 7.10. The third-order valence-electron chi connectivity index (χ3n) is 3.41. The van der Waals surface area contributed by atoms with Gasteiger partial charge in [-0.1, -0.05) is 27.7 Å². The summed E-state index contributed by atoms with van der Waals surface area (Å²) in [4.78, 5) is 0. The molecule has 2 N–H and O–H groups in total. The van der Waals surface area contributed by atoms with Crippen LogP contribution in [0.3, 0.4) is 0 Å². The Bertz CT molecular complexity index is 372. The van der Waals surface area contributed by atoms with Gasteiger partial charge in [-0.15, -0.1) is 0 Å². The molecule has 0 aliphatic rings. The monoisotopic (exact) mass is 267 g/mol. The molecule has 19 heavy (non-hydrogen) atoms. The number of rotatable bonds is 9. The lowest BCUT2D eigenvalue weighted by Crippen LogP contribution is -2.12. The third kappa shape index (κ3) is 4.62. The Hall–Kier alpha value is -0.870. The summed E-state index contributed by atoms with van der Waals surface area (Å²) in [5.74, 6) is 0.700. The van der Waals surface area contributed by atoms with E-state index in [9.17, 15) is 0 Å². The van der Waals surface area contributed by atoms with Crippen molar-refractivity contribution in [3.8, 4) is 0 Å². The Morgan fingerprint density at radius 3 is 2.47 bits per heavy atom. The Morgan fingerprint density at radius 2 is 1.95 bits per heavy atom. The number of aryl methyl sites for hydroxylation is 1. The third-order valence-corrected chi connectivity index (χ3v) is 3.41. The van der Waals surface area contributed by atoms with E-state index in [1.54, 1.807) is 0 Å². The smallest absolute Gasteiger partial charge is 0.0669 e. The van der Waals surface area contributed by atoms with Crippen LogP contribution >= 0.6 is 0 Å². The van der Waals surface area contributed by atoms with E-state index >= 15 is 0 Å². The molecular weight excluding hydrogens is 238 g/mol. The minimum atomic E-state index is 0.584. The van der Waals surface area contributed by atoms with Crippen molar-refractivity contribution in [1.82, 2.24) is 9.78 Å². The second-order valence-electron chi connectivity index (χ2n) is 5.30. The molecule has 1 rings (SSSR count). The molecule has 4 heteroatoms. The van der Waals surface area contributed by atoms with Crippen LogP contribution in [0.5, 0.6) is 0 Å². The van der Waals surface area contributed by atoms with E-state index in [2.05, 4.69) is 37.5 Å². The van der Waals surface area contributed by atoms with E-state index in [0.717, 1.165) is 44.7 Å². The first-order valence-electron chi connectivity index (χ1n) is 7.49. The van der Waals surface area contributed by atoms with Gasteiger partial charge in [0, 0.05) is 24.4 Å². The maximum absolute atomic E-state index is 5.84. The first-order chi connectivity index (χ1) is 9.13. The van der Waals surface area contributed by atoms with Crippen molar-refractivity contribution in [1.29, 1.82) is 0 Å². The highest BCUT2D eigenvalue weighted by Crippen LogP contribution is 2.15. The van der Waals surface area contributed by atoms with Crippen molar-refractivity contribution in [2.24, 2.45) is 11.7 Å². The lowest BCUT2D eigenvalue weighted by atomic mass is 10.1. The summed E-state index contributed by atoms with van der Waals surface area (Å²) in [5.41, 5.74) is 9.48. The Balaban J connectivity index is 2.55. The molecule has 4 nitrogen and oxygen atoms in total. The minimum absolute atomic E-state index is 0.584. The van der Waals surface area contributed by atoms with E-state index in [0.29, 0.717) is 12.5 Å². The van der Waals surface area contributed by atoms with E-state index in [4.69, 9.17) is 10.5 Å². The molecule has 110 valence electrons. The zero-order chi connectivity index (χ0) is 14.3. The molecule has 1 heterocycles. The van der Waals surface area contributed by atoms with Crippen molar-refractivity contribution in [3.05, 3.63) is 17.0 Å². The number of nitrogens with two attached hydrogens (primary N) is 1. The quantitative estimate of drug-likeness (QED) is 0.700. The van der Waals surface area contributed by atoms with E-state index in [1.807, 2.05) is 0 Å². The number of nitrogens with zero attached hydrogens (tertiary/aromatic N) is 2. The molecule has 0 aliphatic heterocycles. The van der Waals surface area contributed by atoms with Crippen molar-refractivity contribution in [3.63, 3.8) is 0 Å². The maximum Gasteiger partial charge on any atom is 0.0669 e. The van der Waals surface area contributed by atoms with Crippen molar-refractivity contribution in [2.45, 2.75) is 60.0 Å². The first-order valence-corrected chi connectivity index (χ1v) is 7.49. The Labute approximate surface area is 117 Å². The number of ether oxygens (including phenoxy) is 1. The highest BCUT2D eigenvalue weighted by atomic mass is 16.5. The molecule has 1 aromatic rings. The molecule has 0 saturated carbocycles. The fraction of sp³-hybridized carbons (Fsp3) is 0.800. The largest absolute Gasteiger partial charge is 0.380 e. The molecule has 0 aromatic carbocycles. The number of aromatic nitrogens is 2. The lowest BCUT2D eigenvalue weighted by Gasteiger charge is -2.09. The SMILES string of the molecule is CCc1nn(CCOCCC(C)C)c(CC)c1CN. The van der Waals surface area contributed by atoms with Gasteiger partial charge < -0.3 is 10.5 Å². The summed E-state index contributed by atoms with van der Waals surface area (Å²) in [7, 11) is 0. The van der Waals surface area contributed by atoms with Gasteiger partial charge in [-0.25, -0.2) is 0 Å². The molecular formula is C15H29N3O. The summed E-state index contributed by atoms with van der Waals surface area (Å²) in [5, 5.41) is 4.66. The van der Waals surface area contributed by atoms with Gasteiger partial charge in [-0.2, -0.15) is 5.10 Å². The molecule has 0 fully saturated rings. The second kappa shape index (κ2) is 8.33. The zero-order valence-corrected chi connectivity index (χ0v) is 12.9. The van der Waals surface area contributed by atoms with Crippen molar-refractivity contribution >= 4 is 0 Å². The summed E-state index contributed by atoms with van der Waals surface area (Å²) in [6.07, 6.45) is 3.04. The second-order valence-corrected chi connectivity index (χ2v) is 5.30. The topological polar surface area (TPSA) is 53.1 Å². The molecule has 0 bridgehead atoms. The average molecular weight is 267 g/mol. The van der Waals surface area contributed by atoms with Crippen molar-refractivity contribution < 1.29 is 4.74 Å². The maximum atomic E-state index is 5.84. The van der Waals surface area contributed by atoms with Crippen LogP contribution < -0.4 is 5.73 Å². The van der Waals surface area contributed by atoms with Gasteiger partial charge in [0.15, 0.2) is 0 Å². The Morgan fingerprint density at radius 1 is 1.21 bits per heavy atom. The van der Waals surface area contributed by atoms with Crippen LogP contribution in [-0.4, -0.2) is 23.0 Å². The molecule has 0 amide bonds. The van der Waals surface area contributed by atoms with Crippen molar-refractivity contribution in [2.75, 3.05) is 13.2 Å². The lowest BCUT2D eigenvalue weighted by molar-refractivity contribution is 0.113. The number of hydrogen-bond donors (Lipinski definition) is 1. The van der Waals surface area contributed by atoms with Gasteiger partial charge in [-0.3, -0.25) is 4.68 Å². The fourth-order valence-corrected chi connectivity index (χ4v) is 2.26. The van der Waals surface area contributed by atoms with Gasteiger partial charge >= 0.3 is 0 Å². The fourth-order valence-electron chi connectivity index (χ4n) is 2.26. The molecule has 0 saturated heterocycles. The van der Waals surface area contributed by atoms with Gasteiger partial charge in [0.2, 0.25) is 0 Å². The molecule has 0 unspecified atom stereocenters. The van der Waals surface area contributed by atoms with E-state index < -0.39 is 0 Å². The van der Waals surface area contributed by atoms with Gasteiger partial charge in [0.1, 0.15) is 0 Å². The van der Waals surface area contributed by atoms with Crippen LogP contribution in [0, 0.1) is 5.92 Å². The predicted octanol–water partition coefficient (Wildman–Crippen LogP) is 2.53. The highest BCUT2D eigenvalue weighted by molar-refractivity contribution is 5.26. The van der Waals surface area contributed by atoms with Crippen LogP contribution in [0.15, 0.2) is 0 Å². The predicted molar refractivity (Wildman–Crippen MR) is 79.1 cm³/mol. The standard InChI is InChI=1S/C15H29N3O/c1-5-14-13(11-16)15(6-2)18(17-14)8-10-19-9-7-12(3)4/h12H,5-11,16H2,1-4H3. The van der Waals surface area contributed by atoms with Crippen LogP contribution in [0.1, 0.15) is 51.1 Å². The molecule has 0 atom stereocenters. The zero-order valence-electron chi connectivity index (χ0n) is 12.9. The van der Waals surface area contributed by atoms with Crippen LogP contribution in [0.25, 0.3) is 0 Å². The highest BCUT2D eigenvalue weighted by Gasteiger charge is 2.13. The summed E-state index contributed by atoms with van der Waals surface area (Å²) >= 11 is 0. The van der Waals surface area contributed by atoms with Gasteiger partial charge in [0.05, 0.1) is 18.8 Å². The molecule has 0 aliphatic carbocycles. The van der Waals surface area contributed by atoms with Crippen LogP contribution in [0.4, 0.5) is 0 Å². The normalized spacial score (nSPS) is 11.5. The summed E-state index contributed by atoms with van der Waals surface area (Å²) in [6, 6.07) is 0. The summed E-state index contributed by atoms with van der Waals surface area (Å²) < 4.78 is 7.75. The van der Waals surface area contributed by atoms with E-state index in [1.165, 1.54) is 11.3 Å². The molecule has 0 radical (unpaired) electrons. The van der Waals surface area contributed by atoms with E-state index in [-0.39, 0.29) is 0 Å².